The van der Waals surface area contributed by atoms with Gasteiger partial charge in [-0.15, -0.1) is 0 Å². The lowest BCUT2D eigenvalue weighted by Crippen LogP contribution is -2.33. The quantitative estimate of drug-likeness (QED) is 0.835. The number of rotatable bonds is 4. The third kappa shape index (κ3) is 3.65. The zero-order chi connectivity index (χ0) is 12.1. The zero-order valence-electron chi connectivity index (χ0n) is 9.96. The van der Waals surface area contributed by atoms with Crippen LogP contribution in [0, 0.1) is 11.7 Å². The molecule has 1 amide bonds. The summed E-state index contributed by atoms with van der Waals surface area (Å²) in [6.45, 7) is 6.11. The Morgan fingerprint density at radius 2 is 1.94 bits per heavy atom. The van der Waals surface area contributed by atoms with E-state index in [1.54, 1.807) is 12.1 Å². The molecule has 1 aromatic carbocycles. The molecule has 1 N–H and O–H groups in total. The maximum Gasteiger partial charge on any atom is 0.254 e. The van der Waals surface area contributed by atoms with Gasteiger partial charge in [-0.05, 0) is 31.4 Å². The number of amides is 1. The molecule has 0 heterocycles. The van der Waals surface area contributed by atoms with Gasteiger partial charge < -0.3 is 5.32 Å². The summed E-state index contributed by atoms with van der Waals surface area (Å²) in [5, 5.41) is 2.79. The Kier molecular flexibility index (Phi) is 4.47. The Morgan fingerprint density at radius 1 is 1.31 bits per heavy atom. The molecular formula is C13H18FNO. The zero-order valence-corrected chi connectivity index (χ0v) is 9.96. The smallest absolute Gasteiger partial charge is 0.254 e. The van der Waals surface area contributed by atoms with Crippen molar-refractivity contribution in [3.05, 3.63) is 35.6 Å². The lowest BCUT2D eigenvalue weighted by molar-refractivity contribution is 0.0932. The number of nitrogens with one attached hydrogen (secondary N) is 1. The van der Waals surface area contributed by atoms with Crippen LogP contribution in [0.5, 0.6) is 0 Å². The topological polar surface area (TPSA) is 29.1 Å². The molecule has 1 aromatic rings. The van der Waals surface area contributed by atoms with Crippen LogP contribution in [-0.2, 0) is 0 Å². The standard InChI is InChI=1S/C13H18FNO/c1-9(2)8-10(3)15-13(16)11-6-4-5-7-12(11)14/h4-7,9-10H,8H2,1-3H3,(H,15,16). The van der Waals surface area contributed by atoms with Crippen LogP contribution in [0.3, 0.4) is 0 Å². The number of halogens is 1. The predicted molar refractivity (Wildman–Crippen MR) is 62.8 cm³/mol. The molecule has 0 saturated heterocycles. The maximum absolute atomic E-state index is 13.3. The van der Waals surface area contributed by atoms with Gasteiger partial charge in [0.25, 0.3) is 5.91 Å². The average molecular weight is 223 g/mol. The number of carbonyl (C=O) groups excluding carboxylic acids is 1. The maximum atomic E-state index is 13.3. The van der Waals surface area contributed by atoms with Crippen LogP contribution in [0.4, 0.5) is 4.39 Å². The normalized spacial score (nSPS) is 12.6. The number of hydrogen-bond acceptors (Lipinski definition) is 1. The van der Waals surface area contributed by atoms with E-state index in [0.29, 0.717) is 5.92 Å². The largest absolute Gasteiger partial charge is 0.349 e. The Bertz CT molecular complexity index is 363. The first kappa shape index (κ1) is 12.7. The van der Waals surface area contributed by atoms with Crippen LogP contribution in [0.25, 0.3) is 0 Å². The molecule has 1 atom stereocenters. The molecule has 0 bridgehead atoms. The number of carbonyl (C=O) groups is 1. The molecule has 1 unspecified atom stereocenters. The Morgan fingerprint density at radius 3 is 2.50 bits per heavy atom. The van der Waals surface area contributed by atoms with Gasteiger partial charge in [0, 0.05) is 6.04 Å². The molecule has 0 aliphatic heterocycles. The summed E-state index contributed by atoms with van der Waals surface area (Å²) in [5.41, 5.74) is 0.109. The van der Waals surface area contributed by atoms with Crippen molar-refractivity contribution in [1.29, 1.82) is 0 Å². The molecule has 88 valence electrons. The van der Waals surface area contributed by atoms with E-state index < -0.39 is 5.82 Å². The van der Waals surface area contributed by atoms with Crippen LogP contribution < -0.4 is 5.32 Å². The van der Waals surface area contributed by atoms with E-state index in [0.717, 1.165) is 6.42 Å². The van der Waals surface area contributed by atoms with Crippen LogP contribution in [0.2, 0.25) is 0 Å². The summed E-state index contributed by atoms with van der Waals surface area (Å²) < 4.78 is 13.3. The van der Waals surface area contributed by atoms with Crippen molar-refractivity contribution in [2.75, 3.05) is 0 Å². The van der Waals surface area contributed by atoms with E-state index in [2.05, 4.69) is 19.2 Å². The highest BCUT2D eigenvalue weighted by Gasteiger charge is 2.13. The van der Waals surface area contributed by atoms with Crippen molar-refractivity contribution in [3.63, 3.8) is 0 Å². The Balaban J connectivity index is 2.63. The molecule has 0 radical (unpaired) electrons. The average Bonchev–Trinajstić information content (AvgIpc) is 2.16. The fourth-order valence-electron chi connectivity index (χ4n) is 1.71. The fourth-order valence-corrected chi connectivity index (χ4v) is 1.71. The van der Waals surface area contributed by atoms with Crippen molar-refractivity contribution in [2.24, 2.45) is 5.92 Å². The molecule has 2 nitrogen and oxygen atoms in total. The number of hydrogen-bond donors (Lipinski definition) is 1. The summed E-state index contributed by atoms with van der Waals surface area (Å²) >= 11 is 0. The van der Waals surface area contributed by atoms with Crippen molar-refractivity contribution >= 4 is 5.91 Å². The minimum absolute atomic E-state index is 0.0621. The monoisotopic (exact) mass is 223 g/mol. The van der Waals surface area contributed by atoms with Crippen molar-refractivity contribution in [2.45, 2.75) is 33.2 Å². The second-order valence-corrected chi connectivity index (χ2v) is 4.48. The first-order chi connectivity index (χ1) is 7.50. The molecule has 0 fully saturated rings. The minimum atomic E-state index is -0.475. The third-order valence-corrected chi connectivity index (χ3v) is 2.32. The molecule has 0 aliphatic rings. The van der Waals surface area contributed by atoms with Crippen molar-refractivity contribution in [1.82, 2.24) is 5.32 Å². The lowest BCUT2D eigenvalue weighted by atomic mass is 10.0. The molecule has 0 spiro atoms. The summed E-state index contributed by atoms with van der Waals surface area (Å²) in [6.07, 6.45) is 0.889. The van der Waals surface area contributed by atoms with Crippen LogP contribution in [0.1, 0.15) is 37.6 Å². The highest BCUT2D eigenvalue weighted by Crippen LogP contribution is 2.08. The number of benzene rings is 1. The second kappa shape index (κ2) is 5.64. The fraction of sp³-hybridized carbons (Fsp3) is 0.462. The van der Waals surface area contributed by atoms with Crippen LogP contribution in [-0.4, -0.2) is 11.9 Å². The molecule has 1 rings (SSSR count). The molecule has 0 aliphatic carbocycles. The lowest BCUT2D eigenvalue weighted by Gasteiger charge is -2.16. The third-order valence-electron chi connectivity index (χ3n) is 2.32. The molecule has 3 heteroatoms. The minimum Gasteiger partial charge on any atom is -0.349 e. The summed E-state index contributed by atoms with van der Waals surface area (Å²) in [6, 6.07) is 6.08. The van der Waals surface area contributed by atoms with Gasteiger partial charge >= 0.3 is 0 Å². The molecule has 0 aromatic heterocycles. The van der Waals surface area contributed by atoms with Gasteiger partial charge in [-0.25, -0.2) is 4.39 Å². The van der Waals surface area contributed by atoms with E-state index in [1.165, 1.54) is 12.1 Å². The van der Waals surface area contributed by atoms with E-state index in [4.69, 9.17) is 0 Å². The summed E-state index contributed by atoms with van der Waals surface area (Å²) in [7, 11) is 0. The Hall–Kier alpha value is -1.38. The summed E-state index contributed by atoms with van der Waals surface area (Å²) in [5.74, 6) is -0.307. The van der Waals surface area contributed by atoms with Crippen molar-refractivity contribution in [3.8, 4) is 0 Å². The van der Waals surface area contributed by atoms with E-state index >= 15 is 0 Å². The van der Waals surface area contributed by atoms with Gasteiger partial charge in [0.1, 0.15) is 5.82 Å². The van der Waals surface area contributed by atoms with Gasteiger partial charge in [-0.2, -0.15) is 0 Å². The SMILES string of the molecule is CC(C)CC(C)NC(=O)c1ccccc1F. The van der Waals surface area contributed by atoms with Crippen molar-refractivity contribution < 1.29 is 9.18 Å². The summed E-state index contributed by atoms with van der Waals surface area (Å²) in [4.78, 5) is 11.7. The van der Waals surface area contributed by atoms with E-state index in [9.17, 15) is 9.18 Å². The van der Waals surface area contributed by atoms with Crippen LogP contribution >= 0.6 is 0 Å². The first-order valence-corrected chi connectivity index (χ1v) is 5.56. The second-order valence-electron chi connectivity index (χ2n) is 4.48. The van der Waals surface area contributed by atoms with Gasteiger partial charge in [0.05, 0.1) is 5.56 Å². The molecule has 16 heavy (non-hydrogen) atoms. The Labute approximate surface area is 95.9 Å². The van der Waals surface area contributed by atoms with Gasteiger partial charge in [-0.1, -0.05) is 26.0 Å². The highest BCUT2D eigenvalue weighted by molar-refractivity contribution is 5.94. The highest BCUT2D eigenvalue weighted by atomic mass is 19.1. The van der Waals surface area contributed by atoms with Gasteiger partial charge in [0.2, 0.25) is 0 Å². The van der Waals surface area contributed by atoms with E-state index in [-0.39, 0.29) is 17.5 Å². The molecular weight excluding hydrogens is 205 g/mol. The molecule has 0 saturated carbocycles. The van der Waals surface area contributed by atoms with Crippen LogP contribution in [0.15, 0.2) is 24.3 Å². The first-order valence-electron chi connectivity index (χ1n) is 5.56. The predicted octanol–water partition coefficient (Wildman–Crippen LogP) is 2.99. The van der Waals surface area contributed by atoms with Gasteiger partial charge in [0.15, 0.2) is 0 Å². The van der Waals surface area contributed by atoms with E-state index in [1.807, 2.05) is 6.92 Å². The van der Waals surface area contributed by atoms with Gasteiger partial charge in [-0.3, -0.25) is 4.79 Å².